The third-order valence-electron chi connectivity index (χ3n) is 2.87. The smallest absolute Gasteiger partial charge is 0.230 e. The van der Waals surface area contributed by atoms with Gasteiger partial charge < -0.3 is 10.3 Å². The summed E-state index contributed by atoms with van der Waals surface area (Å²) in [6, 6.07) is 8.14. The first-order valence-corrected chi connectivity index (χ1v) is 6.85. The van der Waals surface area contributed by atoms with E-state index in [1.165, 1.54) is 12.1 Å². The number of pyridine rings is 1. The minimum atomic E-state index is -0.292. The zero-order valence-electron chi connectivity index (χ0n) is 10.2. The average Bonchev–Trinajstić information content (AvgIpc) is 2.81. The molecular weight excluding hydrogens is 372 g/mol. The fraction of sp³-hybridized carbons (Fsp3) is 0. The lowest BCUT2D eigenvalue weighted by molar-refractivity contribution is 0.439. The highest BCUT2D eigenvalue weighted by atomic mass is 127. The Morgan fingerprint density at radius 1 is 1.15 bits per heavy atom. The zero-order chi connectivity index (χ0) is 14.1. The second kappa shape index (κ2) is 5.20. The highest BCUT2D eigenvalue weighted by Crippen LogP contribution is 2.37. The number of benzene rings is 1. The largest absolute Gasteiger partial charge is 0.367 e. The monoisotopic (exact) mass is 381 g/mol. The van der Waals surface area contributed by atoms with Crippen molar-refractivity contribution in [2.24, 2.45) is 0 Å². The quantitative estimate of drug-likeness (QED) is 0.688. The van der Waals surface area contributed by atoms with E-state index in [0.717, 1.165) is 14.7 Å². The first kappa shape index (κ1) is 13.0. The fourth-order valence-corrected chi connectivity index (χ4v) is 2.70. The summed E-state index contributed by atoms with van der Waals surface area (Å²) in [5.41, 5.74) is 8.78. The summed E-state index contributed by atoms with van der Waals surface area (Å²) < 4.78 is 19.1. The third kappa shape index (κ3) is 2.26. The van der Waals surface area contributed by atoms with Gasteiger partial charge in [0.15, 0.2) is 0 Å². The summed E-state index contributed by atoms with van der Waals surface area (Å²) in [6.07, 6.45) is 3.34. The van der Waals surface area contributed by atoms with Gasteiger partial charge in [-0.2, -0.15) is 0 Å². The van der Waals surface area contributed by atoms with Crippen molar-refractivity contribution >= 4 is 28.5 Å². The molecule has 0 aliphatic heterocycles. The van der Waals surface area contributed by atoms with Crippen LogP contribution < -0.4 is 5.73 Å². The van der Waals surface area contributed by atoms with Gasteiger partial charge in [0.05, 0.1) is 5.56 Å². The minimum absolute atomic E-state index is 0.228. The third-order valence-corrected chi connectivity index (χ3v) is 3.77. The summed E-state index contributed by atoms with van der Waals surface area (Å²) >= 11 is 2.06. The molecule has 0 radical (unpaired) electrons. The predicted octanol–water partition coefficient (Wildman–Crippen LogP) is 3.73. The van der Waals surface area contributed by atoms with Crippen molar-refractivity contribution in [1.29, 1.82) is 0 Å². The standard InChI is InChI=1S/C14H9FIN3O/c15-9-1-2-10(11(16)7-9)13-12(14(17)20-19-13)8-3-5-18-6-4-8/h1-7H,17H2. The molecule has 6 heteroatoms. The van der Waals surface area contributed by atoms with Crippen LogP contribution in [-0.4, -0.2) is 10.1 Å². The topological polar surface area (TPSA) is 64.9 Å². The van der Waals surface area contributed by atoms with Crippen molar-refractivity contribution in [3.63, 3.8) is 0 Å². The lowest BCUT2D eigenvalue weighted by Gasteiger charge is -2.04. The summed E-state index contributed by atoms with van der Waals surface area (Å²) in [5.74, 6) is -0.0635. The molecule has 3 aromatic rings. The van der Waals surface area contributed by atoms with Crippen LogP contribution in [0.25, 0.3) is 22.4 Å². The molecule has 0 aliphatic rings. The number of halogens is 2. The van der Waals surface area contributed by atoms with Gasteiger partial charge in [-0.1, -0.05) is 5.16 Å². The van der Waals surface area contributed by atoms with Gasteiger partial charge in [0.1, 0.15) is 11.5 Å². The SMILES string of the molecule is Nc1onc(-c2ccc(F)cc2I)c1-c1ccncc1. The molecule has 0 unspecified atom stereocenters. The van der Waals surface area contributed by atoms with E-state index in [9.17, 15) is 4.39 Å². The van der Waals surface area contributed by atoms with E-state index >= 15 is 0 Å². The summed E-state index contributed by atoms with van der Waals surface area (Å²) in [6.45, 7) is 0. The van der Waals surface area contributed by atoms with Crippen LogP contribution in [0.1, 0.15) is 0 Å². The molecule has 2 heterocycles. The van der Waals surface area contributed by atoms with E-state index in [1.54, 1.807) is 18.5 Å². The van der Waals surface area contributed by atoms with E-state index in [0.29, 0.717) is 11.3 Å². The zero-order valence-corrected chi connectivity index (χ0v) is 12.3. The molecule has 0 spiro atoms. The Bertz CT molecular complexity index is 758. The Balaban J connectivity index is 2.21. The van der Waals surface area contributed by atoms with Gasteiger partial charge in [-0.05, 0) is 58.5 Å². The Hall–Kier alpha value is -1.96. The molecule has 0 fully saturated rings. The Morgan fingerprint density at radius 2 is 1.90 bits per heavy atom. The molecule has 4 nitrogen and oxygen atoms in total. The maximum Gasteiger partial charge on any atom is 0.230 e. The molecule has 0 atom stereocenters. The molecule has 3 rings (SSSR count). The maximum atomic E-state index is 13.2. The predicted molar refractivity (Wildman–Crippen MR) is 82.3 cm³/mol. The first-order chi connectivity index (χ1) is 9.66. The van der Waals surface area contributed by atoms with Gasteiger partial charge in [-0.25, -0.2) is 4.39 Å². The number of hydrogen-bond acceptors (Lipinski definition) is 4. The van der Waals surface area contributed by atoms with Crippen LogP contribution in [0.2, 0.25) is 0 Å². The van der Waals surface area contributed by atoms with Gasteiger partial charge >= 0.3 is 0 Å². The Labute approximate surface area is 127 Å². The number of nitrogens with zero attached hydrogens (tertiary/aromatic N) is 2. The molecule has 0 bridgehead atoms. The van der Waals surface area contributed by atoms with Crippen LogP contribution in [0.3, 0.4) is 0 Å². The van der Waals surface area contributed by atoms with E-state index in [4.69, 9.17) is 10.3 Å². The van der Waals surface area contributed by atoms with Gasteiger partial charge in [0.2, 0.25) is 5.88 Å². The van der Waals surface area contributed by atoms with Crippen LogP contribution >= 0.6 is 22.6 Å². The average molecular weight is 381 g/mol. The number of rotatable bonds is 2. The van der Waals surface area contributed by atoms with Crippen LogP contribution in [0.15, 0.2) is 47.2 Å². The molecule has 100 valence electrons. The molecule has 0 aliphatic carbocycles. The van der Waals surface area contributed by atoms with Crippen molar-refractivity contribution in [3.05, 3.63) is 52.1 Å². The van der Waals surface area contributed by atoms with Gasteiger partial charge in [0, 0.05) is 21.5 Å². The van der Waals surface area contributed by atoms with Crippen molar-refractivity contribution in [2.45, 2.75) is 0 Å². The second-order valence-electron chi connectivity index (χ2n) is 4.13. The molecule has 2 N–H and O–H groups in total. The lowest BCUT2D eigenvalue weighted by Crippen LogP contribution is -1.90. The Kier molecular flexibility index (Phi) is 3.39. The molecule has 20 heavy (non-hydrogen) atoms. The number of aromatic nitrogens is 2. The first-order valence-electron chi connectivity index (χ1n) is 5.78. The van der Waals surface area contributed by atoms with Crippen LogP contribution in [0.5, 0.6) is 0 Å². The van der Waals surface area contributed by atoms with Crippen molar-refractivity contribution in [1.82, 2.24) is 10.1 Å². The van der Waals surface area contributed by atoms with E-state index in [1.807, 2.05) is 12.1 Å². The number of hydrogen-bond donors (Lipinski definition) is 1. The second-order valence-corrected chi connectivity index (χ2v) is 5.29. The van der Waals surface area contributed by atoms with Crippen LogP contribution in [0.4, 0.5) is 10.3 Å². The number of nitrogen functional groups attached to an aromatic ring is 1. The molecule has 0 saturated heterocycles. The van der Waals surface area contributed by atoms with Crippen molar-refractivity contribution in [3.8, 4) is 22.4 Å². The van der Waals surface area contributed by atoms with E-state index in [2.05, 4.69) is 32.7 Å². The molecule has 0 amide bonds. The van der Waals surface area contributed by atoms with Gasteiger partial charge in [0.25, 0.3) is 0 Å². The van der Waals surface area contributed by atoms with Crippen LogP contribution in [0, 0.1) is 9.39 Å². The van der Waals surface area contributed by atoms with Crippen molar-refractivity contribution in [2.75, 3.05) is 5.73 Å². The van der Waals surface area contributed by atoms with Gasteiger partial charge in [-0.3, -0.25) is 4.98 Å². The van der Waals surface area contributed by atoms with Crippen LogP contribution in [-0.2, 0) is 0 Å². The normalized spacial score (nSPS) is 10.7. The maximum absolute atomic E-state index is 13.2. The molecular formula is C14H9FIN3O. The summed E-state index contributed by atoms with van der Waals surface area (Å²) in [5, 5.41) is 4.01. The molecule has 1 aromatic carbocycles. The lowest BCUT2D eigenvalue weighted by atomic mass is 10.0. The molecule has 0 saturated carbocycles. The number of anilines is 1. The summed E-state index contributed by atoms with van der Waals surface area (Å²) in [4.78, 5) is 3.97. The number of nitrogens with two attached hydrogens (primary N) is 1. The Morgan fingerprint density at radius 3 is 2.60 bits per heavy atom. The van der Waals surface area contributed by atoms with E-state index < -0.39 is 0 Å². The van der Waals surface area contributed by atoms with Gasteiger partial charge in [-0.15, -0.1) is 0 Å². The van der Waals surface area contributed by atoms with E-state index in [-0.39, 0.29) is 11.7 Å². The summed E-state index contributed by atoms with van der Waals surface area (Å²) in [7, 11) is 0. The highest BCUT2D eigenvalue weighted by Gasteiger charge is 2.19. The minimum Gasteiger partial charge on any atom is -0.367 e. The highest BCUT2D eigenvalue weighted by molar-refractivity contribution is 14.1. The van der Waals surface area contributed by atoms with Crippen molar-refractivity contribution < 1.29 is 8.91 Å². The molecule has 2 aromatic heterocycles. The fourth-order valence-electron chi connectivity index (χ4n) is 1.97.